The fraction of sp³-hybridized carbons (Fsp3) is 0.500. The highest BCUT2D eigenvalue weighted by atomic mass is 19.4. The van der Waals surface area contributed by atoms with E-state index in [1.165, 1.54) is 18.2 Å². The van der Waals surface area contributed by atoms with Crippen LogP contribution in [0.3, 0.4) is 0 Å². The number of alkyl halides is 3. The first-order valence-corrected chi connectivity index (χ1v) is 6.78. The first kappa shape index (κ1) is 18.7. The number of nitrogens with one attached hydrogen (secondary N) is 1. The SMILES string of the molecule is CC(C)CC(NC(=O)c1cccc(OCC(F)(F)F)n1)C(=O)O. The summed E-state index contributed by atoms with van der Waals surface area (Å²) in [5.41, 5.74) is -0.223. The van der Waals surface area contributed by atoms with Gasteiger partial charge in [-0.15, -0.1) is 0 Å². The zero-order chi connectivity index (χ0) is 17.6. The molecule has 23 heavy (non-hydrogen) atoms. The lowest BCUT2D eigenvalue weighted by Gasteiger charge is -2.16. The number of aromatic nitrogens is 1. The smallest absolute Gasteiger partial charge is 0.422 e. The Kier molecular flexibility index (Phi) is 6.35. The Morgan fingerprint density at radius 3 is 2.52 bits per heavy atom. The van der Waals surface area contributed by atoms with Crippen molar-refractivity contribution in [1.29, 1.82) is 0 Å². The van der Waals surface area contributed by atoms with Gasteiger partial charge in [-0.3, -0.25) is 4.79 Å². The number of amides is 1. The van der Waals surface area contributed by atoms with Gasteiger partial charge in [-0.05, 0) is 18.4 Å². The topological polar surface area (TPSA) is 88.5 Å². The highest BCUT2D eigenvalue weighted by molar-refractivity contribution is 5.95. The van der Waals surface area contributed by atoms with Crippen LogP contribution in [0.25, 0.3) is 0 Å². The van der Waals surface area contributed by atoms with Gasteiger partial charge in [-0.25, -0.2) is 9.78 Å². The molecule has 0 saturated carbocycles. The number of carboxylic acid groups (broad SMARTS) is 1. The number of pyridine rings is 1. The van der Waals surface area contributed by atoms with E-state index in [1.807, 2.05) is 0 Å². The minimum atomic E-state index is -4.52. The lowest BCUT2D eigenvalue weighted by molar-refractivity contribution is -0.154. The van der Waals surface area contributed by atoms with Crippen molar-refractivity contribution in [2.24, 2.45) is 5.92 Å². The predicted octanol–water partition coefficient (Wildman–Crippen LogP) is 2.25. The normalized spacial score (nSPS) is 12.8. The van der Waals surface area contributed by atoms with Crippen molar-refractivity contribution in [2.45, 2.75) is 32.5 Å². The predicted molar refractivity (Wildman–Crippen MR) is 74.1 cm³/mol. The molecule has 1 aromatic heterocycles. The van der Waals surface area contributed by atoms with E-state index in [4.69, 9.17) is 5.11 Å². The maximum atomic E-state index is 12.1. The molecule has 1 atom stereocenters. The molecule has 0 spiro atoms. The number of rotatable bonds is 7. The van der Waals surface area contributed by atoms with Crippen molar-refractivity contribution in [1.82, 2.24) is 10.3 Å². The summed E-state index contributed by atoms with van der Waals surface area (Å²) in [4.78, 5) is 26.7. The number of hydrogen-bond acceptors (Lipinski definition) is 4. The van der Waals surface area contributed by atoms with Crippen molar-refractivity contribution in [3.8, 4) is 5.88 Å². The van der Waals surface area contributed by atoms with E-state index in [9.17, 15) is 22.8 Å². The van der Waals surface area contributed by atoms with Crippen LogP contribution in [-0.4, -0.2) is 40.8 Å². The number of halogens is 3. The highest BCUT2D eigenvalue weighted by Gasteiger charge is 2.29. The summed E-state index contributed by atoms with van der Waals surface area (Å²) < 4.78 is 40.7. The fourth-order valence-corrected chi connectivity index (χ4v) is 1.70. The van der Waals surface area contributed by atoms with Crippen molar-refractivity contribution in [3.63, 3.8) is 0 Å². The molecule has 0 aliphatic carbocycles. The molecule has 2 N–H and O–H groups in total. The molecule has 1 amide bonds. The molecule has 0 aliphatic rings. The Morgan fingerprint density at radius 2 is 2.00 bits per heavy atom. The van der Waals surface area contributed by atoms with Crippen LogP contribution in [0.4, 0.5) is 13.2 Å². The third kappa shape index (κ3) is 6.98. The molecule has 1 heterocycles. The second kappa shape index (κ2) is 7.80. The Bertz CT molecular complexity index is 561. The molecule has 9 heteroatoms. The monoisotopic (exact) mass is 334 g/mol. The lowest BCUT2D eigenvalue weighted by atomic mass is 10.0. The Hall–Kier alpha value is -2.32. The second-order valence-electron chi connectivity index (χ2n) is 5.26. The molecule has 0 radical (unpaired) electrons. The molecule has 0 saturated heterocycles. The quantitative estimate of drug-likeness (QED) is 0.798. The van der Waals surface area contributed by atoms with Crippen LogP contribution in [0.5, 0.6) is 5.88 Å². The van der Waals surface area contributed by atoms with E-state index < -0.39 is 30.7 Å². The average molecular weight is 334 g/mol. The average Bonchev–Trinajstić information content (AvgIpc) is 2.43. The van der Waals surface area contributed by atoms with Crippen molar-refractivity contribution < 1.29 is 32.6 Å². The molecule has 0 fully saturated rings. The molecule has 0 aliphatic heterocycles. The van der Waals surface area contributed by atoms with Gasteiger partial charge >= 0.3 is 12.1 Å². The summed E-state index contributed by atoms with van der Waals surface area (Å²) in [5, 5.41) is 11.3. The number of nitrogens with zero attached hydrogens (tertiary/aromatic N) is 1. The number of carbonyl (C=O) groups is 2. The van der Waals surface area contributed by atoms with Gasteiger partial charge in [-0.2, -0.15) is 13.2 Å². The minimum absolute atomic E-state index is 0.0332. The van der Waals surface area contributed by atoms with Crippen LogP contribution < -0.4 is 10.1 Å². The first-order valence-electron chi connectivity index (χ1n) is 6.78. The Labute approximate surface area is 130 Å². The lowest BCUT2D eigenvalue weighted by Crippen LogP contribution is -2.41. The van der Waals surface area contributed by atoms with Gasteiger partial charge in [0.25, 0.3) is 5.91 Å². The number of carbonyl (C=O) groups excluding carboxylic acids is 1. The van der Waals surface area contributed by atoms with Gasteiger partial charge in [-0.1, -0.05) is 19.9 Å². The number of hydrogen-bond donors (Lipinski definition) is 2. The van der Waals surface area contributed by atoms with Gasteiger partial charge in [0, 0.05) is 6.07 Å². The standard InChI is InChI=1S/C14H17F3N2O4/c1-8(2)6-10(13(21)22)19-12(20)9-4-3-5-11(18-9)23-7-14(15,16)17/h3-5,8,10H,6-7H2,1-2H3,(H,19,20)(H,21,22). The summed E-state index contributed by atoms with van der Waals surface area (Å²) in [5.74, 6) is -2.33. The molecule has 1 unspecified atom stereocenters. The number of carboxylic acids is 1. The third-order valence-corrected chi connectivity index (χ3v) is 2.65. The number of ether oxygens (including phenoxy) is 1. The van der Waals surface area contributed by atoms with Gasteiger partial charge < -0.3 is 15.2 Å². The summed E-state index contributed by atoms with van der Waals surface area (Å²) in [6.45, 7) is 2.06. The van der Waals surface area contributed by atoms with Crippen LogP contribution in [0.2, 0.25) is 0 Å². The zero-order valence-corrected chi connectivity index (χ0v) is 12.6. The number of aliphatic carboxylic acids is 1. The van der Waals surface area contributed by atoms with E-state index in [0.717, 1.165) is 0 Å². The first-order chi connectivity index (χ1) is 10.6. The Balaban J connectivity index is 2.77. The van der Waals surface area contributed by atoms with Crippen molar-refractivity contribution >= 4 is 11.9 Å². The van der Waals surface area contributed by atoms with Crippen LogP contribution in [0.1, 0.15) is 30.8 Å². The van der Waals surface area contributed by atoms with E-state index in [0.29, 0.717) is 0 Å². The van der Waals surface area contributed by atoms with Crippen molar-refractivity contribution in [2.75, 3.05) is 6.61 Å². The fourth-order valence-electron chi connectivity index (χ4n) is 1.70. The van der Waals surface area contributed by atoms with Gasteiger partial charge in [0.15, 0.2) is 6.61 Å². The molecule has 0 bridgehead atoms. The van der Waals surface area contributed by atoms with Crippen LogP contribution in [0, 0.1) is 5.92 Å². The highest BCUT2D eigenvalue weighted by Crippen LogP contribution is 2.17. The maximum Gasteiger partial charge on any atom is 0.422 e. The van der Waals surface area contributed by atoms with Gasteiger partial charge in [0.2, 0.25) is 5.88 Å². The second-order valence-corrected chi connectivity index (χ2v) is 5.26. The van der Waals surface area contributed by atoms with E-state index >= 15 is 0 Å². The molecule has 128 valence electrons. The van der Waals surface area contributed by atoms with Crippen LogP contribution >= 0.6 is 0 Å². The minimum Gasteiger partial charge on any atom is -0.480 e. The summed E-state index contributed by atoms with van der Waals surface area (Å²) in [6, 6.07) is 2.62. The summed E-state index contributed by atoms with van der Waals surface area (Å²) in [6.07, 6.45) is -4.31. The van der Waals surface area contributed by atoms with Crippen LogP contribution in [-0.2, 0) is 4.79 Å². The van der Waals surface area contributed by atoms with Crippen LogP contribution in [0.15, 0.2) is 18.2 Å². The van der Waals surface area contributed by atoms with E-state index in [1.54, 1.807) is 13.8 Å². The summed E-state index contributed by atoms with van der Waals surface area (Å²) >= 11 is 0. The third-order valence-electron chi connectivity index (χ3n) is 2.65. The maximum absolute atomic E-state index is 12.1. The molecule has 6 nitrogen and oxygen atoms in total. The van der Waals surface area contributed by atoms with E-state index in [2.05, 4.69) is 15.0 Å². The zero-order valence-electron chi connectivity index (χ0n) is 12.6. The van der Waals surface area contributed by atoms with E-state index in [-0.39, 0.29) is 23.9 Å². The largest absolute Gasteiger partial charge is 0.480 e. The van der Waals surface area contributed by atoms with Gasteiger partial charge in [0.05, 0.1) is 0 Å². The van der Waals surface area contributed by atoms with Crippen molar-refractivity contribution in [3.05, 3.63) is 23.9 Å². The molecular formula is C14H17F3N2O4. The van der Waals surface area contributed by atoms with Gasteiger partial charge in [0.1, 0.15) is 11.7 Å². The molecule has 0 aromatic carbocycles. The molecular weight excluding hydrogens is 317 g/mol. The Morgan fingerprint density at radius 1 is 1.35 bits per heavy atom. The molecule has 1 aromatic rings. The molecule has 1 rings (SSSR count). The summed E-state index contributed by atoms with van der Waals surface area (Å²) in [7, 11) is 0.